The van der Waals surface area contributed by atoms with E-state index < -0.39 is 27.6 Å². The van der Waals surface area contributed by atoms with Crippen LogP contribution in [0.1, 0.15) is 15.9 Å². The molecule has 6 nitrogen and oxygen atoms in total. The summed E-state index contributed by atoms with van der Waals surface area (Å²) in [6, 6.07) is 11.4. The third-order valence-corrected chi connectivity index (χ3v) is 3.67. The van der Waals surface area contributed by atoms with Gasteiger partial charge in [0.1, 0.15) is 10.6 Å². The zero-order valence-electron chi connectivity index (χ0n) is 10.8. The van der Waals surface area contributed by atoms with E-state index in [1.807, 2.05) is 0 Å². The second-order valence-corrected chi connectivity index (χ2v) is 5.46. The molecule has 2 aromatic carbocycles. The van der Waals surface area contributed by atoms with Crippen LogP contribution in [0.4, 0.5) is 0 Å². The third-order valence-electron chi connectivity index (χ3n) is 2.76. The number of benzene rings is 2. The van der Waals surface area contributed by atoms with E-state index in [4.69, 9.17) is 9.84 Å². The molecule has 21 heavy (non-hydrogen) atoms. The maximum absolute atomic E-state index is 12.5. The zero-order chi connectivity index (χ0) is 15.5. The molecule has 0 amide bonds. The van der Waals surface area contributed by atoms with Crippen molar-refractivity contribution in [1.29, 1.82) is 0 Å². The van der Waals surface area contributed by atoms with E-state index in [-0.39, 0.29) is 16.9 Å². The Bertz CT molecular complexity index is 767. The first-order valence-electron chi connectivity index (χ1n) is 5.89. The minimum absolute atomic E-state index is 0.0858. The Morgan fingerprint density at radius 3 is 2.19 bits per heavy atom. The largest absolute Gasteiger partial charge is 0.467 e. The average molecular weight is 308 g/mol. The van der Waals surface area contributed by atoms with Crippen molar-refractivity contribution in [2.45, 2.75) is 4.90 Å². The number of hydrogen-bond donors (Lipinski definition) is 2. The molecular weight excluding hydrogens is 296 g/mol. The summed E-state index contributed by atoms with van der Waals surface area (Å²) in [5.74, 6) is -0.512. The Labute approximate surface area is 121 Å². The number of carbonyl (C=O) groups is 1. The average Bonchev–Trinajstić information content (AvgIpc) is 2.46. The van der Waals surface area contributed by atoms with Gasteiger partial charge in [0.2, 0.25) is 0 Å². The van der Waals surface area contributed by atoms with Crippen molar-refractivity contribution in [2.24, 2.45) is 0 Å². The van der Waals surface area contributed by atoms with Crippen LogP contribution in [-0.4, -0.2) is 30.7 Å². The maximum atomic E-state index is 12.5. The summed E-state index contributed by atoms with van der Waals surface area (Å²) >= 11 is 0. The van der Waals surface area contributed by atoms with Crippen molar-refractivity contribution in [2.75, 3.05) is 6.79 Å². The van der Waals surface area contributed by atoms with Crippen molar-refractivity contribution in [3.05, 3.63) is 59.7 Å². The number of rotatable bonds is 5. The van der Waals surface area contributed by atoms with Crippen molar-refractivity contribution in [3.8, 4) is 5.75 Å². The van der Waals surface area contributed by atoms with Crippen molar-refractivity contribution in [1.82, 2.24) is 0 Å². The number of carbonyl (C=O) groups excluding carboxylic acids is 1. The molecule has 0 saturated carbocycles. The van der Waals surface area contributed by atoms with Gasteiger partial charge in [-0.15, -0.1) is 0 Å². The number of aliphatic hydroxyl groups is 1. The molecule has 0 heterocycles. The fourth-order valence-corrected chi connectivity index (χ4v) is 2.56. The number of aliphatic hydroxyl groups excluding tert-OH is 1. The monoisotopic (exact) mass is 308 g/mol. The lowest BCUT2D eigenvalue weighted by molar-refractivity contribution is 0.0935. The summed E-state index contributed by atoms with van der Waals surface area (Å²) in [6.07, 6.45) is 0. The topological polar surface area (TPSA) is 101 Å². The molecular formula is C14H12O6S. The number of ketones is 1. The summed E-state index contributed by atoms with van der Waals surface area (Å²) in [6.45, 7) is -0.621. The minimum atomic E-state index is -4.52. The zero-order valence-corrected chi connectivity index (χ0v) is 11.6. The van der Waals surface area contributed by atoms with Crippen LogP contribution in [-0.2, 0) is 10.1 Å². The quantitative estimate of drug-likeness (QED) is 0.493. The second kappa shape index (κ2) is 6.04. The van der Waals surface area contributed by atoms with Gasteiger partial charge in [-0.2, -0.15) is 8.42 Å². The van der Waals surface area contributed by atoms with Crippen LogP contribution in [0, 0.1) is 0 Å². The standard InChI is InChI=1S/C14H12O6S/c15-9-20-12-7-3-1-5-10(12)14(16)11-6-2-4-8-13(11)21(17,18)19/h1-8,15H,9H2,(H,17,18,19). The van der Waals surface area contributed by atoms with Crippen LogP contribution in [0.15, 0.2) is 53.4 Å². The highest BCUT2D eigenvalue weighted by molar-refractivity contribution is 7.86. The molecule has 0 radical (unpaired) electrons. The highest BCUT2D eigenvalue weighted by Gasteiger charge is 2.22. The summed E-state index contributed by atoms with van der Waals surface area (Å²) in [5, 5.41) is 8.81. The van der Waals surface area contributed by atoms with Gasteiger partial charge in [-0.05, 0) is 24.3 Å². The normalized spacial score (nSPS) is 11.1. The van der Waals surface area contributed by atoms with Crippen LogP contribution < -0.4 is 4.74 Å². The maximum Gasteiger partial charge on any atom is 0.295 e. The van der Waals surface area contributed by atoms with Gasteiger partial charge in [0.15, 0.2) is 12.6 Å². The van der Waals surface area contributed by atoms with Crippen molar-refractivity contribution < 1.29 is 27.6 Å². The first-order chi connectivity index (χ1) is 9.95. The van der Waals surface area contributed by atoms with Crippen LogP contribution in [0.2, 0.25) is 0 Å². The highest BCUT2D eigenvalue weighted by atomic mass is 32.2. The van der Waals surface area contributed by atoms with Crippen molar-refractivity contribution in [3.63, 3.8) is 0 Å². The second-order valence-electron chi connectivity index (χ2n) is 4.07. The van der Waals surface area contributed by atoms with Gasteiger partial charge < -0.3 is 9.84 Å². The molecule has 0 aliphatic rings. The first kappa shape index (κ1) is 15.2. The van der Waals surface area contributed by atoms with Gasteiger partial charge in [0.25, 0.3) is 10.1 Å². The van der Waals surface area contributed by atoms with Gasteiger partial charge in [-0.3, -0.25) is 9.35 Å². The predicted octanol–water partition coefficient (Wildman–Crippen LogP) is 1.49. The van der Waals surface area contributed by atoms with E-state index in [1.54, 1.807) is 12.1 Å². The molecule has 2 rings (SSSR count). The molecule has 0 unspecified atom stereocenters. The molecule has 2 N–H and O–H groups in total. The van der Waals surface area contributed by atoms with E-state index in [1.165, 1.54) is 30.3 Å². The Hall–Kier alpha value is -2.22. The summed E-state index contributed by atoms with van der Waals surface area (Å²) in [5.41, 5.74) is -0.0864. The molecule has 7 heteroatoms. The van der Waals surface area contributed by atoms with E-state index >= 15 is 0 Å². The van der Waals surface area contributed by atoms with Crippen LogP contribution in [0.5, 0.6) is 5.75 Å². The molecule has 0 saturated heterocycles. The third kappa shape index (κ3) is 3.27. The molecule has 0 bridgehead atoms. The number of para-hydroxylation sites is 1. The Kier molecular flexibility index (Phi) is 4.37. The Balaban J connectivity index is 2.57. The molecule has 0 spiro atoms. The predicted molar refractivity (Wildman–Crippen MR) is 73.8 cm³/mol. The van der Waals surface area contributed by atoms with Gasteiger partial charge in [0.05, 0.1) is 5.56 Å². The van der Waals surface area contributed by atoms with Gasteiger partial charge >= 0.3 is 0 Å². The van der Waals surface area contributed by atoms with E-state index in [0.717, 1.165) is 6.07 Å². The summed E-state index contributed by atoms with van der Waals surface area (Å²) in [4.78, 5) is 12.0. The van der Waals surface area contributed by atoms with Crippen LogP contribution >= 0.6 is 0 Å². The smallest absolute Gasteiger partial charge is 0.295 e. The Morgan fingerprint density at radius 1 is 1.00 bits per heavy atom. The van der Waals surface area contributed by atoms with E-state index in [2.05, 4.69) is 0 Å². The molecule has 0 aliphatic carbocycles. The minimum Gasteiger partial charge on any atom is -0.467 e. The fraction of sp³-hybridized carbons (Fsp3) is 0.0714. The van der Waals surface area contributed by atoms with Gasteiger partial charge in [0, 0.05) is 5.56 Å². The van der Waals surface area contributed by atoms with Crippen molar-refractivity contribution >= 4 is 15.9 Å². The molecule has 0 fully saturated rings. The SMILES string of the molecule is O=C(c1ccccc1OCO)c1ccccc1S(=O)(=O)O. The van der Waals surface area contributed by atoms with E-state index in [9.17, 15) is 17.8 Å². The van der Waals surface area contributed by atoms with E-state index in [0.29, 0.717) is 0 Å². The first-order valence-corrected chi connectivity index (χ1v) is 7.33. The van der Waals surface area contributed by atoms with Crippen LogP contribution in [0.25, 0.3) is 0 Å². The number of ether oxygens (including phenoxy) is 1. The molecule has 2 aromatic rings. The lowest BCUT2D eigenvalue weighted by Gasteiger charge is -2.10. The summed E-state index contributed by atoms with van der Waals surface area (Å²) < 4.78 is 36.8. The molecule has 0 aliphatic heterocycles. The molecule has 0 atom stereocenters. The fourth-order valence-electron chi connectivity index (χ4n) is 1.87. The van der Waals surface area contributed by atoms with Gasteiger partial charge in [-0.1, -0.05) is 24.3 Å². The Morgan fingerprint density at radius 2 is 1.57 bits per heavy atom. The summed E-state index contributed by atoms with van der Waals surface area (Å²) in [7, 11) is -4.52. The number of hydrogen-bond acceptors (Lipinski definition) is 5. The molecule has 0 aromatic heterocycles. The van der Waals surface area contributed by atoms with Gasteiger partial charge in [-0.25, -0.2) is 0 Å². The van der Waals surface area contributed by atoms with Crippen LogP contribution in [0.3, 0.4) is 0 Å². The lowest BCUT2D eigenvalue weighted by atomic mass is 10.0. The molecule has 110 valence electrons. The highest BCUT2D eigenvalue weighted by Crippen LogP contribution is 2.24. The lowest BCUT2D eigenvalue weighted by Crippen LogP contribution is -2.11.